The molecule has 2 rings (SSSR count). The van der Waals surface area contributed by atoms with Crippen LogP contribution in [0.15, 0.2) is 53.6 Å². The molecule has 0 aliphatic carbocycles. The molecule has 0 saturated carbocycles. The van der Waals surface area contributed by atoms with Crippen LogP contribution in [-0.4, -0.2) is 17.5 Å². The Balaban J connectivity index is 1.96. The summed E-state index contributed by atoms with van der Waals surface area (Å²) in [6.07, 6.45) is 3.02. The molecule has 2 aromatic rings. The molecular weight excluding hydrogens is 362 g/mol. The average molecular weight is 394 g/mol. The Hall–Kier alpha value is -2.95. The molecule has 5 nitrogen and oxygen atoms in total. The Morgan fingerprint density at radius 1 is 0.897 bits per heavy atom. The van der Waals surface area contributed by atoms with Crippen LogP contribution < -0.4 is 10.7 Å². The molecule has 0 aromatic heterocycles. The molecule has 0 atom stereocenters. The van der Waals surface area contributed by atoms with Crippen LogP contribution in [0, 0.1) is 0 Å². The summed E-state index contributed by atoms with van der Waals surface area (Å²) in [6.45, 7) is 10.4. The summed E-state index contributed by atoms with van der Waals surface area (Å²) >= 11 is 0. The number of anilines is 1. The van der Waals surface area contributed by atoms with Crippen molar-refractivity contribution in [1.82, 2.24) is 5.43 Å². The van der Waals surface area contributed by atoms with Crippen molar-refractivity contribution in [2.45, 2.75) is 59.3 Å². The van der Waals surface area contributed by atoms with Crippen LogP contribution in [0.1, 0.15) is 80.2 Å². The summed E-state index contributed by atoms with van der Waals surface area (Å²) in [5.41, 5.74) is 6.42. The highest BCUT2D eigenvalue weighted by Gasteiger charge is 2.14. The standard InChI is InChI=1S/C24H31N3O2/c1-6-7-8-17(2)26-27-23(29)19-11-15-21(16-12-19)25-22(28)18-9-13-20(14-10-18)24(3,4)5/h9-16H,6-8H2,1-5H3,(H,25,28)(H,27,29). The van der Waals surface area contributed by atoms with Gasteiger partial charge in [0.1, 0.15) is 0 Å². The summed E-state index contributed by atoms with van der Waals surface area (Å²) in [7, 11) is 0. The van der Waals surface area contributed by atoms with Gasteiger partial charge in [0.05, 0.1) is 0 Å². The second-order valence-electron chi connectivity index (χ2n) is 8.25. The molecule has 2 aromatic carbocycles. The lowest BCUT2D eigenvalue weighted by atomic mass is 9.87. The third-order valence-corrected chi connectivity index (χ3v) is 4.66. The van der Waals surface area contributed by atoms with Gasteiger partial charge in [0.2, 0.25) is 0 Å². The molecular formula is C24H31N3O2. The zero-order chi connectivity index (χ0) is 21.4. The van der Waals surface area contributed by atoms with Crippen molar-refractivity contribution in [3.8, 4) is 0 Å². The molecule has 5 heteroatoms. The summed E-state index contributed by atoms with van der Waals surface area (Å²) in [5, 5.41) is 6.98. The van der Waals surface area contributed by atoms with Crippen LogP contribution in [0.2, 0.25) is 0 Å². The van der Waals surface area contributed by atoms with Crippen LogP contribution in [0.25, 0.3) is 0 Å². The Labute approximate surface area is 173 Å². The zero-order valence-corrected chi connectivity index (χ0v) is 18.0. The van der Waals surface area contributed by atoms with Gasteiger partial charge in [0.15, 0.2) is 0 Å². The fourth-order valence-electron chi connectivity index (χ4n) is 2.73. The van der Waals surface area contributed by atoms with E-state index >= 15 is 0 Å². The van der Waals surface area contributed by atoms with Crippen LogP contribution in [0.5, 0.6) is 0 Å². The van der Waals surface area contributed by atoms with E-state index in [1.807, 2.05) is 31.2 Å². The molecule has 0 aliphatic heterocycles. The van der Waals surface area contributed by atoms with E-state index in [2.05, 4.69) is 43.5 Å². The average Bonchev–Trinajstić information content (AvgIpc) is 2.70. The number of rotatable bonds is 7. The molecule has 0 bridgehead atoms. The van der Waals surface area contributed by atoms with Crippen molar-refractivity contribution < 1.29 is 9.59 Å². The van der Waals surface area contributed by atoms with E-state index in [0.717, 1.165) is 25.0 Å². The first-order valence-electron chi connectivity index (χ1n) is 10.1. The largest absolute Gasteiger partial charge is 0.322 e. The third-order valence-electron chi connectivity index (χ3n) is 4.66. The summed E-state index contributed by atoms with van der Waals surface area (Å²) in [5.74, 6) is -0.449. The Bertz CT molecular complexity index is 860. The van der Waals surface area contributed by atoms with Crippen molar-refractivity contribution in [2.75, 3.05) is 5.32 Å². The molecule has 0 unspecified atom stereocenters. The SMILES string of the molecule is CCCCC(C)=NNC(=O)c1ccc(NC(=O)c2ccc(C(C)(C)C)cc2)cc1. The molecule has 29 heavy (non-hydrogen) atoms. The number of carbonyl (C=O) groups is 2. The second kappa shape index (κ2) is 10.0. The number of hydrazone groups is 1. The van der Waals surface area contributed by atoms with Gasteiger partial charge < -0.3 is 5.32 Å². The van der Waals surface area contributed by atoms with Crippen molar-refractivity contribution in [1.29, 1.82) is 0 Å². The van der Waals surface area contributed by atoms with Gasteiger partial charge >= 0.3 is 0 Å². The first-order valence-corrected chi connectivity index (χ1v) is 10.1. The smallest absolute Gasteiger partial charge is 0.271 e. The number of nitrogens with zero attached hydrogens (tertiary/aromatic N) is 1. The van der Waals surface area contributed by atoms with E-state index in [9.17, 15) is 9.59 Å². The van der Waals surface area contributed by atoms with Crippen LogP contribution in [0.4, 0.5) is 5.69 Å². The molecule has 2 N–H and O–H groups in total. The van der Waals surface area contributed by atoms with Crippen LogP contribution in [0.3, 0.4) is 0 Å². The first-order chi connectivity index (χ1) is 13.7. The van der Waals surface area contributed by atoms with Crippen LogP contribution in [-0.2, 0) is 5.41 Å². The predicted octanol–water partition coefficient (Wildman–Crippen LogP) is 5.53. The van der Waals surface area contributed by atoms with Gasteiger partial charge in [0, 0.05) is 22.5 Å². The lowest BCUT2D eigenvalue weighted by Gasteiger charge is -2.19. The predicted molar refractivity (Wildman–Crippen MR) is 120 cm³/mol. The number of benzene rings is 2. The molecule has 154 valence electrons. The molecule has 0 radical (unpaired) electrons. The van der Waals surface area contributed by atoms with E-state index in [1.54, 1.807) is 24.3 Å². The quantitative estimate of drug-likeness (QED) is 0.479. The minimum atomic E-state index is -0.267. The van der Waals surface area contributed by atoms with E-state index in [4.69, 9.17) is 0 Å². The van der Waals surface area contributed by atoms with E-state index in [-0.39, 0.29) is 17.2 Å². The lowest BCUT2D eigenvalue weighted by molar-refractivity contribution is 0.0954. The fraction of sp³-hybridized carbons (Fsp3) is 0.375. The van der Waals surface area contributed by atoms with Crippen LogP contribution >= 0.6 is 0 Å². The number of amides is 2. The molecule has 0 fully saturated rings. The molecule has 0 saturated heterocycles. The second-order valence-corrected chi connectivity index (χ2v) is 8.25. The lowest BCUT2D eigenvalue weighted by Crippen LogP contribution is -2.19. The fourth-order valence-corrected chi connectivity index (χ4v) is 2.73. The monoisotopic (exact) mass is 393 g/mol. The Morgan fingerprint density at radius 2 is 1.45 bits per heavy atom. The van der Waals surface area contributed by atoms with Gasteiger partial charge in [-0.1, -0.05) is 46.2 Å². The van der Waals surface area contributed by atoms with Gasteiger partial charge in [-0.2, -0.15) is 5.10 Å². The van der Waals surface area contributed by atoms with Gasteiger partial charge in [0.25, 0.3) is 11.8 Å². The van der Waals surface area contributed by atoms with E-state index < -0.39 is 0 Å². The van der Waals surface area contributed by atoms with Crippen molar-refractivity contribution >= 4 is 23.2 Å². The number of hydrogen-bond donors (Lipinski definition) is 2. The van der Waals surface area contributed by atoms with Crippen molar-refractivity contribution in [3.63, 3.8) is 0 Å². The van der Waals surface area contributed by atoms with Gasteiger partial charge in [-0.3, -0.25) is 9.59 Å². The number of nitrogens with one attached hydrogen (secondary N) is 2. The summed E-state index contributed by atoms with van der Waals surface area (Å²) in [4.78, 5) is 24.6. The van der Waals surface area contributed by atoms with E-state index in [1.165, 1.54) is 5.56 Å². The Morgan fingerprint density at radius 3 is 2.00 bits per heavy atom. The maximum Gasteiger partial charge on any atom is 0.271 e. The number of carbonyl (C=O) groups excluding carboxylic acids is 2. The molecule has 2 amide bonds. The molecule has 0 spiro atoms. The highest BCUT2D eigenvalue weighted by atomic mass is 16.2. The highest BCUT2D eigenvalue weighted by Crippen LogP contribution is 2.22. The Kier molecular flexibility index (Phi) is 7.71. The summed E-state index contributed by atoms with van der Waals surface area (Å²) in [6, 6.07) is 14.4. The van der Waals surface area contributed by atoms with Crippen molar-refractivity contribution in [2.24, 2.45) is 5.10 Å². The van der Waals surface area contributed by atoms with Gasteiger partial charge in [-0.15, -0.1) is 0 Å². The molecule has 0 aliphatic rings. The first kappa shape index (κ1) is 22.3. The minimum Gasteiger partial charge on any atom is -0.322 e. The molecule has 0 heterocycles. The minimum absolute atomic E-state index is 0.0456. The number of hydrogen-bond acceptors (Lipinski definition) is 3. The van der Waals surface area contributed by atoms with Crippen molar-refractivity contribution in [3.05, 3.63) is 65.2 Å². The zero-order valence-electron chi connectivity index (χ0n) is 18.0. The summed E-state index contributed by atoms with van der Waals surface area (Å²) < 4.78 is 0. The maximum atomic E-state index is 12.4. The van der Waals surface area contributed by atoms with Gasteiger partial charge in [-0.05, 0) is 67.1 Å². The topological polar surface area (TPSA) is 70.6 Å². The van der Waals surface area contributed by atoms with Gasteiger partial charge in [-0.25, -0.2) is 5.43 Å². The highest BCUT2D eigenvalue weighted by molar-refractivity contribution is 6.04. The normalized spacial score (nSPS) is 11.8. The van der Waals surface area contributed by atoms with E-state index in [0.29, 0.717) is 16.8 Å². The number of unbranched alkanes of at least 4 members (excludes halogenated alkanes) is 1. The third kappa shape index (κ3) is 6.86. The maximum absolute atomic E-state index is 12.4.